The highest BCUT2D eigenvalue weighted by molar-refractivity contribution is 5.94. The van der Waals surface area contributed by atoms with Crippen LogP contribution in [0.3, 0.4) is 0 Å². The molecular formula is C29H36O10. The fraction of sp³-hybridized carbons (Fsp3) is 0.621. The summed E-state index contributed by atoms with van der Waals surface area (Å²) < 4.78 is 17.7. The smallest absolute Gasteiger partial charge is 0.338 e. The maximum atomic E-state index is 14.3. The van der Waals surface area contributed by atoms with Crippen LogP contribution in [-0.4, -0.2) is 86.5 Å². The lowest BCUT2D eigenvalue weighted by molar-refractivity contribution is -0.345. The molecule has 2 bridgehead atoms. The van der Waals surface area contributed by atoms with E-state index < -0.39 is 76.2 Å². The fourth-order valence-electron chi connectivity index (χ4n) is 7.66. The van der Waals surface area contributed by atoms with Crippen molar-refractivity contribution in [3.05, 3.63) is 47.0 Å². The van der Waals surface area contributed by atoms with Crippen molar-refractivity contribution in [3.63, 3.8) is 0 Å². The second-order valence-corrected chi connectivity index (χ2v) is 12.2. The maximum absolute atomic E-state index is 14.3. The molecule has 212 valence electrons. The zero-order valence-corrected chi connectivity index (χ0v) is 22.7. The molecule has 1 aliphatic heterocycles. The van der Waals surface area contributed by atoms with Crippen LogP contribution < -0.4 is 0 Å². The van der Waals surface area contributed by atoms with E-state index in [4.69, 9.17) is 14.2 Å². The number of Topliss-reactive ketones (excluding diaryl/α,β-unsaturated/α-hetero) is 1. The summed E-state index contributed by atoms with van der Waals surface area (Å²) in [6.07, 6.45) is -7.26. The number of fused-ring (bicyclic) bond motifs is 5. The summed E-state index contributed by atoms with van der Waals surface area (Å²) in [5.41, 5.74) is -6.24. The van der Waals surface area contributed by atoms with Gasteiger partial charge in [0, 0.05) is 25.2 Å². The average Bonchev–Trinajstić information content (AvgIpc) is 2.87. The molecule has 1 saturated heterocycles. The highest BCUT2D eigenvalue weighted by Gasteiger charge is 2.77. The Morgan fingerprint density at radius 1 is 1.08 bits per heavy atom. The second-order valence-electron chi connectivity index (χ2n) is 12.2. The maximum Gasteiger partial charge on any atom is 0.338 e. The van der Waals surface area contributed by atoms with Crippen molar-refractivity contribution in [1.82, 2.24) is 0 Å². The average molecular weight is 545 g/mol. The van der Waals surface area contributed by atoms with Crippen molar-refractivity contribution in [2.24, 2.45) is 16.7 Å². The Labute approximate surface area is 226 Å². The predicted octanol–water partition coefficient (Wildman–Crippen LogP) is 1.08. The number of carbonyl (C=O) groups is 3. The van der Waals surface area contributed by atoms with Crippen LogP contribution in [0.4, 0.5) is 0 Å². The summed E-state index contributed by atoms with van der Waals surface area (Å²) in [5.74, 6) is -3.60. The molecule has 9 atom stereocenters. The van der Waals surface area contributed by atoms with Gasteiger partial charge in [0.15, 0.2) is 11.4 Å². The van der Waals surface area contributed by atoms with E-state index in [1.165, 1.54) is 26.0 Å². The molecule has 0 unspecified atom stereocenters. The molecule has 10 heteroatoms. The number of aliphatic hydroxyl groups is 4. The van der Waals surface area contributed by atoms with Crippen molar-refractivity contribution in [1.29, 1.82) is 0 Å². The molecule has 1 heterocycles. The van der Waals surface area contributed by atoms with Crippen LogP contribution in [-0.2, 0) is 23.8 Å². The van der Waals surface area contributed by atoms with Gasteiger partial charge >= 0.3 is 11.9 Å². The molecular weight excluding hydrogens is 508 g/mol. The summed E-state index contributed by atoms with van der Waals surface area (Å²) in [7, 11) is 0. The first kappa shape index (κ1) is 27.9. The molecule has 4 aliphatic rings. The van der Waals surface area contributed by atoms with E-state index in [1.54, 1.807) is 39.0 Å². The van der Waals surface area contributed by atoms with Gasteiger partial charge in [0.2, 0.25) is 0 Å². The Morgan fingerprint density at radius 2 is 1.72 bits per heavy atom. The van der Waals surface area contributed by atoms with Crippen molar-refractivity contribution in [3.8, 4) is 0 Å². The van der Waals surface area contributed by atoms with Gasteiger partial charge in [-0.2, -0.15) is 0 Å². The molecule has 2 saturated carbocycles. The van der Waals surface area contributed by atoms with Crippen LogP contribution in [0.15, 0.2) is 41.5 Å². The molecule has 10 nitrogen and oxygen atoms in total. The fourth-order valence-corrected chi connectivity index (χ4v) is 7.66. The number of carbonyl (C=O) groups excluding carboxylic acids is 3. The number of hydrogen-bond acceptors (Lipinski definition) is 10. The Kier molecular flexibility index (Phi) is 6.40. The molecule has 1 aromatic rings. The minimum atomic E-state index is -2.07. The van der Waals surface area contributed by atoms with Crippen molar-refractivity contribution < 1.29 is 49.0 Å². The molecule has 5 rings (SSSR count). The minimum absolute atomic E-state index is 0.0828. The largest absolute Gasteiger partial charge is 0.455 e. The van der Waals surface area contributed by atoms with Gasteiger partial charge in [-0.25, -0.2) is 4.79 Å². The SMILES string of the molecule is CC(=O)O[C@]12CO[C@@H]1C[C@H](O)[C@@]1(C)C(=O)[C@H](O)C3=C(C)[C@H](O)C[C@@](O)([C@H](OC(=O)c4ccccc4)[C@@H]21)C3(C)C. The van der Waals surface area contributed by atoms with E-state index in [0.29, 0.717) is 5.57 Å². The van der Waals surface area contributed by atoms with E-state index in [9.17, 15) is 34.8 Å². The predicted molar refractivity (Wildman–Crippen MR) is 135 cm³/mol. The first-order valence-electron chi connectivity index (χ1n) is 13.2. The third-order valence-electron chi connectivity index (χ3n) is 9.95. The zero-order chi connectivity index (χ0) is 28.7. The van der Waals surface area contributed by atoms with Crippen molar-refractivity contribution in [2.45, 2.75) is 89.2 Å². The summed E-state index contributed by atoms with van der Waals surface area (Å²) in [6.45, 7) is 7.29. The van der Waals surface area contributed by atoms with Gasteiger partial charge in [-0.1, -0.05) is 32.0 Å². The van der Waals surface area contributed by atoms with Gasteiger partial charge in [0.05, 0.1) is 35.7 Å². The number of esters is 2. The van der Waals surface area contributed by atoms with E-state index >= 15 is 0 Å². The number of ether oxygens (including phenoxy) is 3. The van der Waals surface area contributed by atoms with Crippen LogP contribution >= 0.6 is 0 Å². The second kappa shape index (κ2) is 8.94. The zero-order valence-electron chi connectivity index (χ0n) is 22.7. The van der Waals surface area contributed by atoms with Gasteiger partial charge in [0.25, 0.3) is 0 Å². The van der Waals surface area contributed by atoms with Crippen LogP contribution in [0.5, 0.6) is 0 Å². The number of rotatable bonds is 3. The summed E-state index contributed by atoms with van der Waals surface area (Å²) in [5, 5.41) is 46.7. The number of ketones is 1. The monoisotopic (exact) mass is 544 g/mol. The normalized spacial score (nSPS) is 42.7. The van der Waals surface area contributed by atoms with Gasteiger partial charge in [0.1, 0.15) is 23.9 Å². The highest BCUT2D eigenvalue weighted by Crippen LogP contribution is 2.63. The van der Waals surface area contributed by atoms with E-state index in [0.717, 1.165) is 0 Å². The first-order chi connectivity index (χ1) is 18.1. The molecule has 4 N–H and O–H groups in total. The van der Waals surface area contributed by atoms with Crippen LogP contribution in [0.2, 0.25) is 0 Å². The Balaban J connectivity index is 1.81. The van der Waals surface area contributed by atoms with E-state index in [1.807, 2.05) is 0 Å². The number of aliphatic hydroxyl groups excluding tert-OH is 3. The molecule has 1 aromatic carbocycles. The molecule has 3 aliphatic carbocycles. The third kappa shape index (κ3) is 3.62. The number of hydrogen-bond donors (Lipinski definition) is 4. The molecule has 0 spiro atoms. The summed E-state index contributed by atoms with van der Waals surface area (Å²) >= 11 is 0. The lowest BCUT2D eigenvalue weighted by Gasteiger charge is -2.67. The van der Waals surface area contributed by atoms with Gasteiger partial charge in [-0.3, -0.25) is 9.59 Å². The van der Waals surface area contributed by atoms with Gasteiger partial charge < -0.3 is 34.6 Å². The van der Waals surface area contributed by atoms with Crippen LogP contribution in [0.1, 0.15) is 57.8 Å². The lowest BCUT2D eigenvalue weighted by Crippen LogP contribution is -2.81. The molecule has 3 fully saturated rings. The number of benzene rings is 1. The quantitative estimate of drug-likeness (QED) is 0.320. The molecule has 0 aromatic heterocycles. The molecule has 0 amide bonds. The molecule has 0 radical (unpaired) electrons. The Bertz CT molecular complexity index is 1240. The Morgan fingerprint density at radius 3 is 2.28 bits per heavy atom. The minimum Gasteiger partial charge on any atom is -0.455 e. The molecule has 39 heavy (non-hydrogen) atoms. The van der Waals surface area contributed by atoms with Gasteiger partial charge in [-0.05, 0) is 37.1 Å². The Hall–Kier alpha value is -2.63. The lowest BCUT2D eigenvalue weighted by atomic mass is 9.44. The van der Waals surface area contributed by atoms with Crippen molar-refractivity contribution in [2.75, 3.05) is 6.61 Å². The highest BCUT2D eigenvalue weighted by atomic mass is 16.6. The standard InChI is InChI=1S/C29H36O10/c1-14-17(31)12-29(36)24(38-25(35)16-9-7-6-8-10-16)22-27(5,23(34)21(33)20(14)26(29,3)4)18(32)11-19-28(22,13-37-19)39-15(2)30/h6-10,17-19,21-22,24,31-33,36H,11-13H2,1-5H3/t17-,18+,19-,21-,22-,24-,27-,28-,29-/m1/s1. The third-order valence-corrected chi connectivity index (χ3v) is 9.95. The van der Waals surface area contributed by atoms with Crippen molar-refractivity contribution >= 4 is 17.7 Å². The van der Waals surface area contributed by atoms with E-state index in [-0.39, 0.29) is 30.6 Å². The van der Waals surface area contributed by atoms with Gasteiger partial charge in [-0.15, -0.1) is 0 Å². The topological polar surface area (TPSA) is 160 Å². The first-order valence-corrected chi connectivity index (χ1v) is 13.2. The van der Waals surface area contributed by atoms with E-state index in [2.05, 4.69) is 0 Å². The summed E-state index contributed by atoms with van der Waals surface area (Å²) in [6, 6.07) is 8.08. The van der Waals surface area contributed by atoms with Crippen LogP contribution in [0, 0.1) is 16.7 Å². The van der Waals surface area contributed by atoms with Crippen LogP contribution in [0.25, 0.3) is 0 Å². The summed E-state index contributed by atoms with van der Waals surface area (Å²) in [4.78, 5) is 40.3.